The van der Waals surface area contributed by atoms with Crippen LogP contribution in [0.25, 0.3) is 16.6 Å². The number of aryl methyl sites for hydroxylation is 1. The molecule has 2 aromatic heterocycles. The van der Waals surface area contributed by atoms with Gasteiger partial charge >= 0.3 is 0 Å². The number of pyridine rings is 1. The zero-order valence-electron chi connectivity index (χ0n) is 19.1. The molecule has 1 saturated heterocycles. The Bertz CT molecular complexity index is 1230. The number of amides is 2. The van der Waals surface area contributed by atoms with Crippen LogP contribution in [-0.4, -0.2) is 51.0 Å². The summed E-state index contributed by atoms with van der Waals surface area (Å²) in [5.41, 5.74) is 5.34. The van der Waals surface area contributed by atoms with Gasteiger partial charge in [-0.15, -0.1) is 0 Å². The van der Waals surface area contributed by atoms with E-state index in [-0.39, 0.29) is 23.8 Å². The Labute approximate surface area is 193 Å². The fraction of sp³-hybridized carbons (Fsp3) is 0.385. The van der Waals surface area contributed by atoms with Gasteiger partial charge in [-0.3, -0.25) is 14.7 Å². The van der Waals surface area contributed by atoms with Crippen molar-refractivity contribution in [1.29, 1.82) is 0 Å². The fourth-order valence-electron chi connectivity index (χ4n) is 4.98. The zero-order valence-corrected chi connectivity index (χ0v) is 19.1. The highest BCUT2D eigenvalue weighted by Crippen LogP contribution is 2.29. The number of rotatable bonds is 5. The molecule has 3 heterocycles. The molecule has 2 amide bonds. The Hall–Kier alpha value is -3.48. The van der Waals surface area contributed by atoms with E-state index in [0.29, 0.717) is 24.3 Å². The molecule has 1 aliphatic carbocycles. The maximum Gasteiger partial charge on any atom is 0.254 e. The Kier molecular flexibility index (Phi) is 5.70. The lowest BCUT2D eigenvalue weighted by molar-refractivity contribution is 0.0743. The van der Waals surface area contributed by atoms with Gasteiger partial charge in [0.25, 0.3) is 11.8 Å². The normalized spacial score (nSPS) is 20.3. The number of carbonyl (C=O) groups is 2. The maximum atomic E-state index is 13.1. The number of aromatic amines is 1. The summed E-state index contributed by atoms with van der Waals surface area (Å²) >= 11 is 0. The Morgan fingerprint density at radius 2 is 2.03 bits per heavy atom. The van der Waals surface area contributed by atoms with Gasteiger partial charge in [-0.2, -0.15) is 5.10 Å². The van der Waals surface area contributed by atoms with Crippen LogP contribution >= 0.6 is 0 Å². The third-order valence-corrected chi connectivity index (χ3v) is 6.88. The number of benzene rings is 1. The summed E-state index contributed by atoms with van der Waals surface area (Å²) in [5, 5.41) is 10.9. The van der Waals surface area contributed by atoms with E-state index in [4.69, 9.17) is 0 Å². The van der Waals surface area contributed by atoms with Gasteiger partial charge in [0.05, 0.1) is 5.56 Å². The van der Waals surface area contributed by atoms with Crippen LogP contribution in [0.1, 0.15) is 64.6 Å². The molecular formula is C26H29N5O2. The first-order chi connectivity index (χ1) is 16.0. The molecule has 3 aromatic rings. The van der Waals surface area contributed by atoms with Gasteiger partial charge in [-0.1, -0.05) is 18.2 Å². The first-order valence-electron chi connectivity index (χ1n) is 11.7. The molecule has 0 radical (unpaired) electrons. The summed E-state index contributed by atoms with van der Waals surface area (Å²) in [6.07, 6.45) is 8.20. The predicted octanol–water partition coefficient (Wildman–Crippen LogP) is 4.11. The van der Waals surface area contributed by atoms with Crippen LogP contribution in [0, 0.1) is 12.8 Å². The van der Waals surface area contributed by atoms with Crippen molar-refractivity contribution in [2.45, 2.75) is 45.6 Å². The number of nitrogens with zero attached hydrogens (tertiary/aromatic N) is 3. The average Bonchev–Trinajstić information content (AvgIpc) is 3.58. The first kappa shape index (κ1) is 21.4. The smallest absolute Gasteiger partial charge is 0.254 e. The highest BCUT2D eigenvalue weighted by molar-refractivity contribution is 5.97. The molecule has 1 aromatic carbocycles. The third kappa shape index (κ3) is 4.27. The van der Waals surface area contributed by atoms with E-state index in [1.54, 1.807) is 6.20 Å². The number of allylic oxidation sites excluding steroid dienone is 2. The van der Waals surface area contributed by atoms with Crippen molar-refractivity contribution in [2.75, 3.05) is 13.1 Å². The molecule has 170 valence electrons. The summed E-state index contributed by atoms with van der Waals surface area (Å²) in [5.74, 6) is 0.135. The standard InChI is InChI=1S/C26H29N5O2/c1-16-11-18(13-28-25(32)22-12-23-17(2)29-30-24(23)27-14-22)15-31(16)26(33)21-9-7-20(8-10-21)19-5-3-4-6-19/h5,7-10,12,14,16,18H,3-4,6,11,13,15H2,1-2H3,(H,28,32)(H,27,29,30). The molecule has 2 atom stereocenters. The second kappa shape index (κ2) is 8.81. The molecule has 7 heteroatoms. The number of fused-ring (bicyclic) bond motifs is 1. The quantitative estimate of drug-likeness (QED) is 0.621. The van der Waals surface area contributed by atoms with Crippen LogP contribution in [0.3, 0.4) is 0 Å². The van der Waals surface area contributed by atoms with Crippen LogP contribution < -0.4 is 5.32 Å². The van der Waals surface area contributed by atoms with Gasteiger partial charge in [-0.25, -0.2) is 4.98 Å². The molecule has 0 saturated carbocycles. The van der Waals surface area contributed by atoms with Gasteiger partial charge in [0.15, 0.2) is 5.65 Å². The minimum absolute atomic E-state index is 0.0633. The summed E-state index contributed by atoms with van der Waals surface area (Å²) in [7, 11) is 0. The van der Waals surface area contributed by atoms with Crippen molar-refractivity contribution in [2.24, 2.45) is 5.92 Å². The van der Waals surface area contributed by atoms with Crippen LogP contribution in [0.15, 0.2) is 42.6 Å². The van der Waals surface area contributed by atoms with Gasteiger partial charge < -0.3 is 10.2 Å². The monoisotopic (exact) mass is 443 g/mol. The SMILES string of the molecule is Cc1[nH]nc2ncc(C(=O)NCC3CC(C)N(C(=O)c4ccc(C5=CCCC5)cc4)C3)cc12. The van der Waals surface area contributed by atoms with Crippen LogP contribution in [0.2, 0.25) is 0 Å². The predicted molar refractivity (Wildman–Crippen MR) is 128 cm³/mol. The fourth-order valence-corrected chi connectivity index (χ4v) is 4.98. The van der Waals surface area contributed by atoms with Crippen molar-refractivity contribution in [3.05, 3.63) is 65.0 Å². The summed E-state index contributed by atoms with van der Waals surface area (Å²) in [6, 6.07) is 9.97. The number of likely N-dealkylation sites (tertiary alicyclic amines) is 1. The average molecular weight is 444 g/mol. The lowest BCUT2D eigenvalue weighted by Gasteiger charge is -2.22. The van der Waals surface area contributed by atoms with Crippen LogP contribution in [-0.2, 0) is 0 Å². The molecule has 0 bridgehead atoms. The van der Waals surface area contributed by atoms with Crippen LogP contribution in [0.4, 0.5) is 0 Å². The van der Waals surface area contributed by atoms with Crippen molar-refractivity contribution in [1.82, 2.24) is 25.4 Å². The van der Waals surface area contributed by atoms with E-state index in [1.165, 1.54) is 17.6 Å². The lowest BCUT2D eigenvalue weighted by Crippen LogP contribution is -2.35. The highest BCUT2D eigenvalue weighted by atomic mass is 16.2. The molecule has 7 nitrogen and oxygen atoms in total. The van der Waals surface area contributed by atoms with Crippen LogP contribution in [0.5, 0.6) is 0 Å². The van der Waals surface area contributed by atoms with E-state index in [9.17, 15) is 9.59 Å². The van der Waals surface area contributed by atoms with Gasteiger partial charge in [0.1, 0.15) is 0 Å². The minimum atomic E-state index is -0.153. The van der Waals surface area contributed by atoms with E-state index >= 15 is 0 Å². The number of nitrogens with one attached hydrogen (secondary N) is 2. The largest absolute Gasteiger partial charge is 0.352 e. The molecule has 2 N–H and O–H groups in total. The number of aromatic nitrogens is 3. The molecule has 2 aliphatic rings. The van der Waals surface area contributed by atoms with Crippen molar-refractivity contribution in [3.8, 4) is 0 Å². The number of carbonyl (C=O) groups excluding carboxylic acids is 2. The second-order valence-corrected chi connectivity index (χ2v) is 9.26. The van der Waals surface area contributed by atoms with Gasteiger partial charge in [0, 0.05) is 42.0 Å². The Morgan fingerprint density at radius 1 is 1.21 bits per heavy atom. The van der Waals surface area contributed by atoms with E-state index in [0.717, 1.165) is 35.9 Å². The number of hydrogen-bond donors (Lipinski definition) is 2. The van der Waals surface area contributed by atoms with E-state index in [2.05, 4.69) is 45.6 Å². The summed E-state index contributed by atoms with van der Waals surface area (Å²) in [6.45, 7) is 5.16. The Morgan fingerprint density at radius 3 is 2.79 bits per heavy atom. The lowest BCUT2D eigenvalue weighted by atomic mass is 10.0. The molecule has 0 spiro atoms. The van der Waals surface area contributed by atoms with Gasteiger partial charge in [-0.05, 0) is 74.8 Å². The molecule has 2 unspecified atom stereocenters. The summed E-state index contributed by atoms with van der Waals surface area (Å²) in [4.78, 5) is 32.0. The highest BCUT2D eigenvalue weighted by Gasteiger charge is 2.33. The van der Waals surface area contributed by atoms with Crippen molar-refractivity contribution in [3.63, 3.8) is 0 Å². The number of H-pyrrole nitrogens is 1. The third-order valence-electron chi connectivity index (χ3n) is 6.88. The number of hydrogen-bond acceptors (Lipinski definition) is 4. The van der Waals surface area contributed by atoms with E-state index in [1.807, 2.05) is 30.0 Å². The molecule has 5 rings (SSSR count). The summed E-state index contributed by atoms with van der Waals surface area (Å²) < 4.78 is 0. The topological polar surface area (TPSA) is 91.0 Å². The van der Waals surface area contributed by atoms with Crippen molar-refractivity contribution >= 4 is 28.4 Å². The minimum Gasteiger partial charge on any atom is -0.352 e. The first-order valence-corrected chi connectivity index (χ1v) is 11.7. The maximum absolute atomic E-state index is 13.1. The van der Waals surface area contributed by atoms with Gasteiger partial charge in [0.2, 0.25) is 0 Å². The molecule has 33 heavy (non-hydrogen) atoms. The molecule has 1 fully saturated rings. The molecular weight excluding hydrogens is 414 g/mol. The zero-order chi connectivity index (χ0) is 22.9. The molecule has 1 aliphatic heterocycles. The van der Waals surface area contributed by atoms with E-state index < -0.39 is 0 Å². The van der Waals surface area contributed by atoms with Crippen molar-refractivity contribution < 1.29 is 9.59 Å². The Balaban J connectivity index is 1.19. The second-order valence-electron chi connectivity index (χ2n) is 9.26.